The molecule has 2 aromatic heterocycles. The minimum absolute atomic E-state index is 0.137. The first-order valence-electron chi connectivity index (χ1n) is 4.41. The molecule has 0 aliphatic rings. The number of rotatable bonds is 3. The van der Waals surface area contributed by atoms with E-state index in [1.54, 1.807) is 0 Å². The highest BCUT2D eigenvalue weighted by molar-refractivity contribution is 5.81. The van der Waals surface area contributed by atoms with E-state index >= 15 is 0 Å². The average molecular weight is 223 g/mol. The Morgan fingerprint density at radius 2 is 2.25 bits per heavy atom. The maximum absolute atomic E-state index is 10.5. The molecule has 0 aliphatic carbocycles. The van der Waals surface area contributed by atoms with E-state index < -0.39 is 12.1 Å². The Labute approximate surface area is 89.4 Å². The molecule has 0 saturated heterocycles. The number of carbonyl (C=O) groups is 1. The molecule has 1 atom stereocenters. The summed E-state index contributed by atoms with van der Waals surface area (Å²) in [6.45, 7) is -0.137. The summed E-state index contributed by atoms with van der Waals surface area (Å²) in [6.07, 6.45) is 1.11. The quantitative estimate of drug-likeness (QED) is 0.599. The van der Waals surface area contributed by atoms with Crippen LogP contribution in [0.5, 0.6) is 0 Å². The predicted octanol–water partition coefficient (Wildman–Crippen LogP) is -1.15. The summed E-state index contributed by atoms with van der Waals surface area (Å²) >= 11 is 0. The maximum atomic E-state index is 10.5. The van der Waals surface area contributed by atoms with Gasteiger partial charge in [0.15, 0.2) is 17.6 Å². The van der Waals surface area contributed by atoms with Crippen molar-refractivity contribution in [2.75, 3.05) is 5.73 Å². The molecule has 0 saturated carbocycles. The molecule has 16 heavy (non-hydrogen) atoms. The van der Waals surface area contributed by atoms with Crippen molar-refractivity contribution in [2.24, 2.45) is 0 Å². The second-order valence-electron chi connectivity index (χ2n) is 3.18. The van der Waals surface area contributed by atoms with Gasteiger partial charge in [-0.3, -0.25) is 0 Å². The van der Waals surface area contributed by atoms with Crippen molar-refractivity contribution in [1.29, 1.82) is 0 Å². The van der Waals surface area contributed by atoms with E-state index in [9.17, 15) is 9.90 Å². The number of nitrogen functional groups attached to an aromatic ring is 1. The van der Waals surface area contributed by atoms with Crippen LogP contribution in [0.2, 0.25) is 0 Å². The molecule has 4 N–H and O–H groups in total. The van der Waals surface area contributed by atoms with Gasteiger partial charge in [0.05, 0.1) is 12.9 Å². The number of aromatic nitrogens is 4. The van der Waals surface area contributed by atoms with E-state index in [-0.39, 0.29) is 12.4 Å². The van der Waals surface area contributed by atoms with Crippen molar-refractivity contribution in [3.63, 3.8) is 0 Å². The van der Waals surface area contributed by atoms with Crippen LogP contribution in [0.4, 0.5) is 5.82 Å². The Kier molecular flexibility index (Phi) is 2.41. The fourth-order valence-corrected chi connectivity index (χ4v) is 1.30. The maximum Gasteiger partial charge on any atom is 0.334 e. The van der Waals surface area contributed by atoms with Gasteiger partial charge in [-0.15, -0.1) is 0 Å². The SMILES string of the molecule is Nc1ncnc2c1ncn2CC(O)C(=O)O. The Morgan fingerprint density at radius 3 is 2.94 bits per heavy atom. The van der Waals surface area contributed by atoms with E-state index in [0.29, 0.717) is 11.2 Å². The standard InChI is InChI=1S/C8H9N5O3/c9-6-5-7(11-2-10-6)13(3-12-5)1-4(14)8(15)16/h2-4,14H,1H2,(H,15,16)(H2,9,10,11). The van der Waals surface area contributed by atoms with Crippen molar-refractivity contribution in [1.82, 2.24) is 19.5 Å². The number of anilines is 1. The van der Waals surface area contributed by atoms with Crippen LogP contribution in [0.3, 0.4) is 0 Å². The van der Waals surface area contributed by atoms with Gasteiger partial charge in [0, 0.05) is 0 Å². The first-order chi connectivity index (χ1) is 7.59. The molecule has 0 radical (unpaired) electrons. The lowest BCUT2D eigenvalue weighted by molar-refractivity contribution is -0.147. The number of carboxylic acid groups (broad SMARTS) is 1. The first kappa shape index (κ1) is 10.3. The zero-order chi connectivity index (χ0) is 11.7. The van der Waals surface area contributed by atoms with E-state index in [2.05, 4.69) is 15.0 Å². The minimum atomic E-state index is -1.51. The van der Waals surface area contributed by atoms with Crippen molar-refractivity contribution >= 4 is 23.0 Å². The van der Waals surface area contributed by atoms with Crippen molar-refractivity contribution in [3.8, 4) is 0 Å². The molecular formula is C8H9N5O3. The van der Waals surface area contributed by atoms with E-state index in [1.807, 2.05) is 0 Å². The van der Waals surface area contributed by atoms with Gasteiger partial charge in [0.25, 0.3) is 0 Å². The lowest BCUT2D eigenvalue weighted by atomic mass is 10.3. The van der Waals surface area contributed by atoms with E-state index in [4.69, 9.17) is 10.8 Å². The lowest BCUT2D eigenvalue weighted by Crippen LogP contribution is -2.25. The van der Waals surface area contributed by atoms with Crippen molar-refractivity contribution < 1.29 is 15.0 Å². The van der Waals surface area contributed by atoms with Crippen LogP contribution >= 0.6 is 0 Å². The van der Waals surface area contributed by atoms with Crippen LogP contribution in [-0.2, 0) is 11.3 Å². The fourth-order valence-electron chi connectivity index (χ4n) is 1.30. The highest BCUT2D eigenvalue weighted by Gasteiger charge is 2.16. The molecule has 0 amide bonds. The molecule has 2 heterocycles. The number of fused-ring (bicyclic) bond motifs is 1. The Hall–Kier alpha value is -2.22. The van der Waals surface area contributed by atoms with Crippen LogP contribution in [-0.4, -0.2) is 41.8 Å². The number of hydrogen-bond acceptors (Lipinski definition) is 6. The number of aliphatic hydroxyl groups excluding tert-OH is 1. The highest BCUT2D eigenvalue weighted by atomic mass is 16.4. The third kappa shape index (κ3) is 1.65. The number of nitrogens with zero attached hydrogens (tertiary/aromatic N) is 4. The van der Waals surface area contributed by atoms with Crippen LogP contribution in [0.15, 0.2) is 12.7 Å². The number of aliphatic hydroxyl groups is 1. The average Bonchev–Trinajstić information content (AvgIpc) is 2.63. The summed E-state index contributed by atoms with van der Waals surface area (Å²) in [5.74, 6) is -1.09. The predicted molar refractivity (Wildman–Crippen MR) is 53.4 cm³/mol. The Bertz CT molecular complexity index is 537. The van der Waals surface area contributed by atoms with E-state index in [0.717, 1.165) is 0 Å². The summed E-state index contributed by atoms with van der Waals surface area (Å²) in [7, 11) is 0. The first-order valence-corrected chi connectivity index (χ1v) is 4.41. The van der Waals surface area contributed by atoms with Crippen molar-refractivity contribution in [2.45, 2.75) is 12.6 Å². The van der Waals surface area contributed by atoms with Gasteiger partial charge in [-0.05, 0) is 0 Å². The molecule has 0 bridgehead atoms. The number of imidazole rings is 1. The topological polar surface area (TPSA) is 127 Å². The van der Waals surface area contributed by atoms with Gasteiger partial charge in [0.2, 0.25) is 0 Å². The Morgan fingerprint density at radius 1 is 1.50 bits per heavy atom. The number of carboxylic acids is 1. The molecule has 8 heteroatoms. The van der Waals surface area contributed by atoms with Crippen molar-refractivity contribution in [3.05, 3.63) is 12.7 Å². The molecule has 1 unspecified atom stereocenters. The van der Waals surface area contributed by atoms with Gasteiger partial charge in [-0.1, -0.05) is 0 Å². The third-order valence-corrected chi connectivity index (χ3v) is 2.08. The largest absolute Gasteiger partial charge is 0.479 e. The summed E-state index contributed by atoms with van der Waals surface area (Å²) < 4.78 is 1.41. The minimum Gasteiger partial charge on any atom is -0.479 e. The summed E-state index contributed by atoms with van der Waals surface area (Å²) in [6, 6.07) is 0. The van der Waals surface area contributed by atoms with Gasteiger partial charge in [0.1, 0.15) is 11.8 Å². The molecule has 2 aromatic rings. The van der Waals surface area contributed by atoms with Crippen LogP contribution in [0.1, 0.15) is 0 Å². The van der Waals surface area contributed by atoms with E-state index in [1.165, 1.54) is 17.2 Å². The number of hydrogen-bond donors (Lipinski definition) is 3. The molecule has 2 rings (SSSR count). The van der Waals surface area contributed by atoms with Gasteiger partial charge in [-0.2, -0.15) is 0 Å². The molecular weight excluding hydrogens is 214 g/mol. The summed E-state index contributed by atoms with van der Waals surface area (Å²) in [5, 5.41) is 17.8. The third-order valence-electron chi connectivity index (χ3n) is 2.08. The number of aliphatic carboxylic acids is 1. The smallest absolute Gasteiger partial charge is 0.334 e. The monoisotopic (exact) mass is 223 g/mol. The van der Waals surface area contributed by atoms with Gasteiger partial charge in [-0.25, -0.2) is 19.7 Å². The highest BCUT2D eigenvalue weighted by Crippen LogP contribution is 2.14. The van der Waals surface area contributed by atoms with Crippen LogP contribution < -0.4 is 5.73 Å². The second-order valence-corrected chi connectivity index (χ2v) is 3.18. The second kappa shape index (κ2) is 3.74. The summed E-state index contributed by atoms with van der Waals surface area (Å²) in [5.41, 5.74) is 6.34. The van der Waals surface area contributed by atoms with Crippen LogP contribution in [0, 0.1) is 0 Å². The molecule has 0 fully saturated rings. The van der Waals surface area contributed by atoms with Gasteiger partial charge >= 0.3 is 5.97 Å². The Balaban J connectivity index is 2.39. The molecule has 84 valence electrons. The number of nitrogens with two attached hydrogens (primary N) is 1. The summed E-state index contributed by atoms with van der Waals surface area (Å²) in [4.78, 5) is 22.1. The molecule has 0 spiro atoms. The zero-order valence-corrected chi connectivity index (χ0v) is 8.11. The zero-order valence-electron chi connectivity index (χ0n) is 8.11. The molecule has 0 aliphatic heterocycles. The molecule has 8 nitrogen and oxygen atoms in total. The van der Waals surface area contributed by atoms with Gasteiger partial charge < -0.3 is 20.5 Å². The lowest BCUT2D eigenvalue weighted by Gasteiger charge is -2.06. The molecule has 0 aromatic carbocycles. The van der Waals surface area contributed by atoms with Crippen LogP contribution in [0.25, 0.3) is 11.2 Å². The fraction of sp³-hybridized carbons (Fsp3) is 0.250. The normalized spacial score (nSPS) is 12.8.